The third-order valence-electron chi connectivity index (χ3n) is 4.47. The van der Waals surface area contributed by atoms with Gasteiger partial charge >= 0.3 is 0 Å². The van der Waals surface area contributed by atoms with E-state index in [-0.39, 0.29) is 11.6 Å². The lowest BCUT2D eigenvalue weighted by Crippen LogP contribution is -2.39. The molecule has 0 aliphatic heterocycles. The molecule has 5 nitrogen and oxygen atoms in total. The first-order valence-corrected chi connectivity index (χ1v) is 8.27. The summed E-state index contributed by atoms with van der Waals surface area (Å²) < 4.78 is 15.9. The van der Waals surface area contributed by atoms with Gasteiger partial charge in [-0.2, -0.15) is 5.26 Å². The summed E-state index contributed by atoms with van der Waals surface area (Å²) in [5, 5.41) is 12.0. The third-order valence-corrected chi connectivity index (χ3v) is 4.47. The summed E-state index contributed by atoms with van der Waals surface area (Å²) in [6, 6.07) is 9.26. The number of hydrogen-bond acceptors (Lipinski definition) is 3. The highest BCUT2D eigenvalue weighted by Gasteiger charge is 2.30. The molecule has 6 heteroatoms. The molecule has 1 saturated carbocycles. The average Bonchev–Trinajstić information content (AvgIpc) is 3.29. The molecule has 1 aliphatic rings. The lowest BCUT2D eigenvalue weighted by atomic mass is 9.97. The first kappa shape index (κ1) is 16.9. The van der Waals surface area contributed by atoms with Crippen LogP contribution in [0.3, 0.4) is 0 Å². The Bertz CT molecular complexity index is 818. The Morgan fingerprint density at radius 2 is 1.92 bits per heavy atom. The van der Waals surface area contributed by atoms with Crippen molar-refractivity contribution in [2.75, 3.05) is 0 Å². The molecule has 2 aromatic rings. The fourth-order valence-electron chi connectivity index (χ4n) is 3.12. The molecule has 1 heterocycles. The van der Waals surface area contributed by atoms with E-state index in [0.29, 0.717) is 5.69 Å². The van der Waals surface area contributed by atoms with Crippen LogP contribution in [0.15, 0.2) is 42.7 Å². The number of nitrogens with zero attached hydrogens (tertiary/aromatic N) is 2. The zero-order valence-corrected chi connectivity index (χ0v) is 13.6. The van der Waals surface area contributed by atoms with Crippen LogP contribution >= 0.6 is 0 Å². The Labute approximate surface area is 145 Å². The highest BCUT2D eigenvalue weighted by molar-refractivity contribution is 6.12. The van der Waals surface area contributed by atoms with Crippen molar-refractivity contribution in [1.82, 2.24) is 9.88 Å². The van der Waals surface area contributed by atoms with Crippen LogP contribution in [0.1, 0.15) is 36.0 Å². The highest BCUT2D eigenvalue weighted by atomic mass is 19.1. The van der Waals surface area contributed by atoms with Crippen molar-refractivity contribution in [1.29, 1.82) is 5.26 Å². The minimum atomic E-state index is -1.46. The van der Waals surface area contributed by atoms with Crippen molar-refractivity contribution < 1.29 is 14.0 Å². The van der Waals surface area contributed by atoms with E-state index in [1.54, 1.807) is 35.2 Å². The molecule has 1 N–H and O–H groups in total. The molecule has 0 radical (unpaired) electrons. The van der Waals surface area contributed by atoms with E-state index in [1.165, 1.54) is 12.1 Å². The number of nitrogens with one attached hydrogen (secondary N) is 1. The van der Waals surface area contributed by atoms with Crippen molar-refractivity contribution in [2.24, 2.45) is 5.92 Å². The number of rotatable bonds is 5. The molecule has 0 saturated heterocycles. The van der Waals surface area contributed by atoms with E-state index in [0.717, 1.165) is 31.7 Å². The van der Waals surface area contributed by atoms with E-state index in [9.17, 15) is 19.2 Å². The number of Topliss-reactive ketones (excluding diaryl/α,β-unsaturated/α-hetero) is 1. The van der Waals surface area contributed by atoms with Gasteiger partial charge in [-0.1, -0.05) is 12.8 Å². The Kier molecular flexibility index (Phi) is 4.94. The smallest absolute Gasteiger partial charge is 0.245 e. The Balaban J connectivity index is 1.77. The summed E-state index contributed by atoms with van der Waals surface area (Å²) in [6.07, 6.45) is 7.15. The van der Waals surface area contributed by atoms with Crippen molar-refractivity contribution >= 4 is 11.7 Å². The van der Waals surface area contributed by atoms with Crippen molar-refractivity contribution in [3.8, 4) is 11.8 Å². The molecule has 1 atom stereocenters. The zero-order chi connectivity index (χ0) is 17.8. The average molecular weight is 339 g/mol. The minimum absolute atomic E-state index is 0.0153. The number of carbonyl (C=O) groups is 2. The number of halogens is 1. The predicted molar refractivity (Wildman–Crippen MR) is 89.6 cm³/mol. The number of carbonyl (C=O) groups excluding carboxylic acids is 2. The first-order chi connectivity index (χ1) is 12.1. The van der Waals surface area contributed by atoms with Gasteiger partial charge in [0, 0.05) is 24.0 Å². The van der Waals surface area contributed by atoms with Gasteiger partial charge in [0.05, 0.1) is 11.8 Å². The van der Waals surface area contributed by atoms with Crippen LogP contribution in [0.5, 0.6) is 0 Å². The molecule has 3 rings (SSSR count). The van der Waals surface area contributed by atoms with Gasteiger partial charge in [0.25, 0.3) is 0 Å². The molecular weight excluding hydrogens is 321 g/mol. The second kappa shape index (κ2) is 7.31. The van der Waals surface area contributed by atoms with Gasteiger partial charge in [0.2, 0.25) is 5.91 Å². The van der Waals surface area contributed by atoms with Gasteiger partial charge in [0.15, 0.2) is 11.7 Å². The number of nitriles is 1. The summed E-state index contributed by atoms with van der Waals surface area (Å²) in [6.45, 7) is 0. The van der Waals surface area contributed by atoms with Crippen LogP contribution in [-0.4, -0.2) is 22.3 Å². The molecule has 1 aliphatic carbocycles. The molecule has 1 amide bonds. The molecule has 0 spiro atoms. The highest BCUT2D eigenvalue weighted by Crippen LogP contribution is 2.20. The number of benzene rings is 1. The molecule has 1 fully saturated rings. The van der Waals surface area contributed by atoms with Crippen molar-refractivity contribution in [3.05, 3.63) is 54.1 Å². The fraction of sp³-hybridized carbons (Fsp3) is 0.316. The Morgan fingerprint density at radius 1 is 1.24 bits per heavy atom. The van der Waals surface area contributed by atoms with Crippen LogP contribution < -0.4 is 5.32 Å². The molecule has 1 aromatic heterocycles. The van der Waals surface area contributed by atoms with E-state index in [4.69, 9.17) is 0 Å². The van der Waals surface area contributed by atoms with E-state index < -0.39 is 23.4 Å². The number of amides is 1. The molecule has 1 unspecified atom stereocenters. The second-order valence-electron chi connectivity index (χ2n) is 6.17. The van der Waals surface area contributed by atoms with Gasteiger partial charge in [0.1, 0.15) is 5.82 Å². The number of aromatic nitrogens is 1. The lowest BCUT2D eigenvalue weighted by Gasteiger charge is -2.15. The van der Waals surface area contributed by atoms with Crippen LogP contribution in [0.25, 0.3) is 5.69 Å². The SMILES string of the molecule is N#CC(C(=O)NC1CCCC1)C(=O)c1ccc(-n2cccc2)c(F)c1. The summed E-state index contributed by atoms with van der Waals surface area (Å²) in [4.78, 5) is 24.7. The molecule has 0 bridgehead atoms. The first-order valence-electron chi connectivity index (χ1n) is 8.27. The minimum Gasteiger partial charge on any atom is -0.352 e. The molecular formula is C19H18FN3O2. The van der Waals surface area contributed by atoms with Gasteiger partial charge in [-0.25, -0.2) is 4.39 Å². The molecule has 128 valence electrons. The standard InChI is InChI=1S/C19H18FN3O2/c20-16-11-13(7-8-17(16)23-9-3-4-10-23)18(24)15(12-21)19(25)22-14-5-1-2-6-14/h3-4,7-11,14-15H,1-2,5-6H2,(H,22,25). The van der Waals surface area contributed by atoms with Gasteiger partial charge < -0.3 is 9.88 Å². The summed E-state index contributed by atoms with van der Waals surface area (Å²) >= 11 is 0. The largest absolute Gasteiger partial charge is 0.352 e. The van der Waals surface area contributed by atoms with E-state index >= 15 is 0 Å². The maximum Gasteiger partial charge on any atom is 0.245 e. The zero-order valence-electron chi connectivity index (χ0n) is 13.6. The van der Waals surface area contributed by atoms with Gasteiger partial charge in [-0.15, -0.1) is 0 Å². The van der Waals surface area contributed by atoms with Crippen LogP contribution in [0.2, 0.25) is 0 Å². The summed E-state index contributed by atoms with van der Waals surface area (Å²) in [5.74, 6) is -3.34. The lowest BCUT2D eigenvalue weighted by molar-refractivity contribution is -0.122. The Morgan fingerprint density at radius 3 is 2.52 bits per heavy atom. The molecule has 25 heavy (non-hydrogen) atoms. The van der Waals surface area contributed by atoms with Gasteiger partial charge in [-0.3, -0.25) is 9.59 Å². The molecule has 1 aromatic carbocycles. The van der Waals surface area contributed by atoms with E-state index in [2.05, 4.69) is 5.32 Å². The summed E-state index contributed by atoms with van der Waals surface area (Å²) in [5.41, 5.74) is 0.312. The second-order valence-corrected chi connectivity index (χ2v) is 6.17. The maximum atomic E-state index is 14.3. The van der Waals surface area contributed by atoms with Crippen LogP contribution in [0.4, 0.5) is 4.39 Å². The quantitative estimate of drug-likeness (QED) is 0.672. The third kappa shape index (κ3) is 3.61. The van der Waals surface area contributed by atoms with E-state index in [1.807, 2.05) is 0 Å². The van der Waals surface area contributed by atoms with Crippen molar-refractivity contribution in [3.63, 3.8) is 0 Å². The fourth-order valence-corrected chi connectivity index (χ4v) is 3.12. The number of hydrogen-bond donors (Lipinski definition) is 1. The normalized spacial score (nSPS) is 15.5. The maximum absolute atomic E-state index is 14.3. The van der Waals surface area contributed by atoms with Crippen LogP contribution in [0, 0.1) is 23.1 Å². The summed E-state index contributed by atoms with van der Waals surface area (Å²) in [7, 11) is 0. The monoisotopic (exact) mass is 339 g/mol. The number of ketones is 1. The Hall–Kier alpha value is -2.94. The van der Waals surface area contributed by atoms with Crippen LogP contribution in [-0.2, 0) is 4.79 Å². The van der Waals surface area contributed by atoms with Crippen molar-refractivity contribution in [2.45, 2.75) is 31.7 Å². The predicted octanol–water partition coefficient (Wildman–Crippen LogP) is 3.00. The topological polar surface area (TPSA) is 74.9 Å². The van der Waals surface area contributed by atoms with Gasteiger partial charge in [-0.05, 0) is 43.2 Å².